The fourth-order valence-corrected chi connectivity index (χ4v) is 4.05. The molecule has 6 heteroatoms. The Morgan fingerprint density at radius 3 is 2.11 bits per heavy atom. The highest BCUT2D eigenvalue weighted by molar-refractivity contribution is 6.32. The zero-order valence-electron chi connectivity index (χ0n) is 19.7. The monoisotopic (exact) mass is 488 g/mol. The van der Waals surface area contributed by atoms with Crippen LogP contribution in [0.3, 0.4) is 0 Å². The summed E-state index contributed by atoms with van der Waals surface area (Å²) in [6.45, 7) is 0.374. The van der Waals surface area contributed by atoms with Crippen molar-refractivity contribution in [2.75, 3.05) is 21.3 Å². The van der Waals surface area contributed by atoms with Crippen LogP contribution in [0.4, 0.5) is 0 Å². The number of methoxy groups -OCH3 is 3. The Bertz CT molecular complexity index is 1310. The van der Waals surface area contributed by atoms with Crippen molar-refractivity contribution in [2.45, 2.75) is 6.61 Å². The van der Waals surface area contributed by atoms with Crippen LogP contribution in [0.15, 0.2) is 84.9 Å². The van der Waals surface area contributed by atoms with Gasteiger partial charge in [0.25, 0.3) is 0 Å². The molecular weight excluding hydrogens is 464 g/mol. The predicted molar refractivity (Wildman–Crippen MR) is 138 cm³/mol. The molecule has 0 bridgehead atoms. The van der Waals surface area contributed by atoms with E-state index in [1.165, 1.54) is 7.11 Å². The average Bonchev–Trinajstić information content (AvgIpc) is 2.91. The zero-order valence-corrected chi connectivity index (χ0v) is 20.5. The maximum absolute atomic E-state index is 12.4. The highest BCUT2D eigenvalue weighted by Gasteiger charge is 2.20. The van der Waals surface area contributed by atoms with E-state index in [2.05, 4.69) is 0 Å². The standard InChI is InChI=1S/C29H25ClO5/c1-32-25-10-7-11-26(33-2)28(25)22-14-12-21(29(31)34-3)16-23(22)20-13-15-24(30)27(17-20)35-18-19-8-5-4-6-9-19/h4-17H,18H2,1-3H3. The van der Waals surface area contributed by atoms with Crippen molar-refractivity contribution in [1.82, 2.24) is 0 Å². The Morgan fingerprint density at radius 2 is 1.46 bits per heavy atom. The van der Waals surface area contributed by atoms with E-state index in [9.17, 15) is 4.79 Å². The van der Waals surface area contributed by atoms with Gasteiger partial charge in [-0.3, -0.25) is 0 Å². The topological polar surface area (TPSA) is 54.0 Å². The highest BCUT2D eigenvalue weighted by atomic mass is 35.5. The van der Waals surface area contributed by atoms with Crippen molar-refractivity contribution >= 4 is 17.6 Å². The summed E-state index contributed by atoms with van der Waals surface area (Å²) in [7, 11) is 4.58. The number of carbonyl (C=O) groups is 1. The Morgan fingerprint density at radius 1 is 0.743 bits per heavy atom. The quantitative estimate of drug-likeness (QED) is 0.248. The van der Waals surface area contributed by atoms with Crippen LogP contribution < -0.4 is 14.2 Å². The molecule has 0 saturated heterocycles. The average molecular weight is 489 g/mol. The Balaban J connectivity index is 1.85. The van der Waals surface area contributed by atoms with Crippen molar-refractivity contribution in [3.05, 3.63) is 101 Å². The second-order valence-corrected chi connectivity index (χ2v) is 8.12. The van der Waals surface area contributed by atoms with Crippen LogP contribution in [0.5, 0.6) is 17.2 Å². The van der Waals surface area contributed by atoms with Crippen LogP contribution in [-0.2, 0) is 11.3 Å². The molecule has 0 heterocycles. The van der Waals surface area contributed by atoms with E-state index in [4.69, 9.17) is 30.5 Å². The molecule has 0 unspecified atom stereocenters. The van der Waals surface area contributed by atoms with E-state index >= 15 is 0 Å². The second kappa shape index (κ2) is 11.0. The molecule has 0 amide bonds. The van der Waals surface area contributed by atoms with Crippen LogP contribution in [0.2, 0.25) is 5.02 Å². The Hall–Kier alpha value is -3.96. The molecule has 35 heavy (non-hydrogen) atoms. The molecule has 0 aliphatic carbocycles. The van der Waals surface area contributed by atoms with Gasteiger partial charge in [-0.05, 0) is 58.7 Å². The molecule has 0 spiro atoms. The highest BCUT2D eigenvalue weighted by Crippen LogP contribution is 2.44. The Labute approximate surface area is 209 Å². The summed E-state index contributed by atoms with van der Waals surface area (Å²) in [5, 5.41) is 0.491. The molecular formula is C29H25ClO5. The van der Waals surface area contributed by atoms with Gasteiger partial charge >= 0.3 is 5.97 Å². The van der Waals surface area contributed by atoms with Gasteiger partial charge in [0.1, 0.15) is 23.9 Å². The van der Waals surface area contributed by atoms with Crippen molar-refractivity contribution in [3.8, 4) is 39.5 Å². The summed E-state index contributed by atoms with van der Waals surface area (Å²) in [6.07, 6.45) is 0. The summed E-state index contributed by atoms with van der Waals surface area (Å²) < 4.78 is 22.3. The van der Waals surface area contributed by atoms with E-state index in [-0.39, 0.29) is 0 Å². The van der Waals surface area contributed by atoms with Crippen LogP contribution in [0, 0.1) is 0 Å². The third-order valence-electron chi connectivity index (χ3n) is 5.62. The lowest BCUT2D eigenvalue weighted by Gasteiger charge is -2.18. The van der Waals surface area contributed by atoms with Gasteiger partial charge in [-0.25, -0.2) is 4.79 Å². The number of halogens is 1. The fourth-order valence-electron chi connectivity index (χ4n) is 3.88. The van der Waals surface area contributed by atoms with E-state index in [0.717, 1.165) is 27.8 Å². The van der Waals surface area contributed by atoms with Crippen LogP contribution in [0.1, 0.15) is 15.9 Å². The lowest BCUT2D eigenvalue weighted by Crippen LogP contribution is -2.02. The summed E-state index contributed by atoms with van der Waals surface area (Å²) in [4.78, 5) is 12.4. The molecule has 0 N–H and O–H groups in total. The largest absolute Gasteiger partial charge is 0.496 e. The third kappa shape index (κ3) is 5.26. The van der Waals surface area contributed by atoms with Crippen LogP contribution >= 0.6 is 11.6 Å². The first kappa shape index (κ1) is 24.2. The molecule has 4 aromatic carbocycles. The number of hydrogen-bond acceptors (Lipinski definition) is 5. The van der Waals surface area contributed by atoms with Crippen LogP contribution in [0.25, 0.3) is 22.3 Å². The van der Waals surface area contributed by atoms with E-state index < -0.39 is 5.97 Å². The summed E-state index contributed by atoms with van der Waals surface area (Å²) >= 11 is 6.47. The molecule has 0 atom stereocenters. The number of rotatable bonds is 8. The first-order valence-electron chi connectivity index (χ1n) is 11.0. The van der Waals surface area contributed by atoms with Gasteiger partial charge in [-0.1, -0.05) is 60.1 Å². The van der Waals surface area contributed by atoms with Gasteiger partial charge in [0.2, 0.25) is 0 Å². The van der Waals surface area contributed by atoms with Gasteiger partial charge < -0.3 is 18.9 Å². The number of carbonyl (C=O) groups excluding carboxylic acids is 1. The SMILES string of the molecule is COC(=O)c1ccc(-c2c(OC)cccc2OC)c(-c2ccc(Cl)c(OCc3ccccc3)c2)c1. The third-order valence-corrected chi connectivity index (χ3v) is 5.93. The number of esters is 1. The van der Waals surface area contributed by atoms with E-state index in [1.807, 2.05) is 66.7 Å². The molecule has 0 radical (unpaired) electrons. The maximum Gasteiger partial charge on any atom is 0.337 e. The number of ether oxygens (including phenoxy) is 4. The van der Waals surface area contributed by atoms with Crippen molar-refractivity contribution in [1.29, 1.82) is 0 Å². The second-order valence-electron chi connectivity index (χ2n) is 7.71. The van der Waals surface area contributed by atoms with Gasteiger partial charge in [0.05, 0.1) is 37.5 Å². The van der Waals surface area contributed by atoms with Gasteiger partial charge in [0, 0.05) is 0 Å². The minimum atomic E-state index is -0.431. The fraction of sp³-hybridized carbons (Fsp3) is 0.138. The van der Waals surface area contributed by atoms with Crippen molar-refractivity contribution < 1.29 is 23.7 Å². The normalized spacial score (nSPS) is 10.5. The zero-order chi connectivity index (χ0) is 24.8. The number of benzene rings is 4. The molecule has 0 saturated carbocycles. The van der Waals surface area contributed by atoms with Gasteiger partial charge in [0.15, 0.2) is 0 Å². The molecule has 178 valence electrons. The first-order chi connectivity index (χ1) is 17.0. The maximum atomic E-state index is 12.4. The molecule has 5 nitrogen and oxygen atoms in total. The molecule has 0 aliphatic rings. The number of hydrogen-bond donors (Lipinski definition) is 0. The van der Waals surface area contributed by atoms with Gasteiger partial charge in [-0.15, -0.1) is 0 Å². The molecule has 0 aliphatic heterocycles. The molecule has 0 fully saturated rings. The molecule has 4 aromatic rings. The lowest BCUT2D eigenvalue weighted by molar-refractivity contribution is 0.0601. The van der Waals surface area contributed by atoms with Crippen LogP contribution in [-0.4, -0.2) is 27.3 Å². The minimum absolute atomic E-state index is 0.374. The van der Waals surface area contributed by atoms with Crippen molar-refractivity contribution in [3.63, 3.8) is 0 Å². The smallest absolute Gasteiger partial charge is 0.337 e. The summed E-state index contributed by atoms with van der Waals surface area (Å²) in [5.74, 6) is 1.39. The van der Waals surface area contributed by atoms with E-state index in [0.29, 0.717) is 34.4 Å². The molecule has 4 rings (SSSR count). The lowest BCUT2D eigenvalue weighted by atomic mass is 9.91. The minimum Gasteiger partial charge on any atom is -0.496 e. The van der Waals surface area contributed by atoms with Crippen molar-refractivity contribution in [2.24, 2.45) is 0 Å². The Kier molecular flexibility index (Phi) is 7.58. The van der Waals surface area contributed by atoms with Gasteiger partial charge in [-0.2, -0.15) is 0 Å². The summed E-state index contributed by atoms with van der Waals surface area (Å²) in [6, 6.07) is 26.4. The molecule has 0 aromatic heterocycles. The van der Waals surface area contributed by atoms with E-state index in [1.54, 1.807) is 32.4 Å². The first-order valence-corrected chi connectivity index (χ1v) is 11.3. The predicted octanol–water partition coefficient (Wildman–Crippen LogP) is 7.06. The summed E-state index contributed by atoms with van der Waals surface area (Å²) in [5.41, 5.74) is 4.62.